The zero-order valence-electron chi connectivity index (χ0n) is 17.4. The first kappa shape index (κ1) is 26.8. The van der Waals surface area contributed by atoms with E-state index in [-0.39, 0.29) is 23.8 Å². The number of hydrogen-bond acceptors (Lipinski definition) is 8. The molecule has 0 aliphatic heterocycles. The van der Waals surface area contributed by atoms with Crippen molar-refractivity contribution < 1.29 is 24.3 Å². The number of thiol groups is 2. The lowest BCUT2D eigenvalue weighted by molar-refractivity contribution is -0.141. The van der Waals surface area contributed by atoms with Crippen LogP contribution >= 0.6 is 25.3 Å². The summed E-state index contributed by atoms with van der Waals surface area (Å²) in [4.78, 5) is 55.8. The van der Waals surface area contributed by atoms with E-state index in [2.05, 4.69) is 51.2 Å². The Kier molecular flexibility index (Phi) is 11.4. The van der Waals surface area contributed by atoms with Gasteiger partial charge >= 0.3 is 5.97 Å². The van der Waals surface area contributed by atoms with Gasteiger partial charge in [0, 0.05) is 29.8 Å². The molecule has 1 rings (SSSR count). The zero-order chi connectivity index (χ0) is 23.6. The minimum Gasteiger partial charge on any atom is -0.480 e. The lowest BCUT2D eigenvalue weighted by Gasteiger charge is -2.25. The second kappa shape index (κ2) is 13.2. The van der Waals surface area contributed by atoms with Crippen LogP contribution < -0.4 is 21.7 Å². The lowest BCUT2D eigenvalue weighted by Crippen LogP contribution is -2.58. The first-order valence-corrected chi connectivity index (χ1v) is 10.9. The van der Waals surface area contributed by atoms with E-state index in [1.807, 2.05) is 13.8 Å². The summed E-state index contributed by atoms with van der Waals surface area (Å²) in [5, 5.41) is 16.7. The Morgan fingerprint density at radius 3 is 2.10 bits per heavy atom. The van der Waals surface area contributed by atoms with Gasteiger partial charge in [-0.1, -0.05) is 13.8 Å². The van der Waals surface area contributed by atoms with Gasteiger partial charge < -0.3 is 31.8 Å². The highest BCUT2D eigenvalue weighted by Crippen LogP contribution is 2.08. The molecule has 0 aliphatic rings. The van der Waals surface area contributed by atoms with Gasteiger partial charge in [-0.15, -0.1) is 0 Å². The smallest absolute Gasteiger partial charge is 0.327 e. The van der Waals surface area contributed by atoms with Crippen LogP contribution in [0.5, 0.6) is 0 Å². The van der Waals surface area contributed by atoms with E-state index in [4.69, 9.17) is 5.73 Å². The van der Waals surface area contributed by atoms with E-state index in [1.165, 1.54) is 12.5 Å². The number of H-pyrrole nitrogens is 1. The quantitative estimate of drug-likeness (QED) is 0.164. The molecule has 0 bridgehead atoms. The predicted octanol–water partition coefficient (Wildman–Crippen LogP) is -1.28. The van der Waals surface area contributed by atoms with Crippen LogP contribution in [0.1, 0.15) is 26.0 Å². The number of imidazole rings is 1. The van der Waals surface area contributed by atoms with Crippen molar-refractivity contribution in [3.63, 3.8) is 0 Å². The Hall–Kier alpha value is -2.25. The molecule has 4 atom stereocenters. The summed E-state index contributed by atoms with van der Waals surface area (Å²) in [5.41, 5.74) is 6.23. The van der Waals surface area contributed by atoms with Crippen molar-refractivity contribution in [1.29, 1.82) is 0 Å². The van der Waals surface area contributed by atoms with Gasteiger partial charge in [0.25, 0.3) is 0 Å². The van der Waals surface area contributed by atoms with E-state index in [0.717, 1.165) is 0 Å². The molecular formula is C18H30N6O5S2. The van der Waals surface area contributed by atoms with Crippen LogP contribution in [0.4, 0.5) is 0 Å². The molecule has 0 saturated carbocycles. The third-order valence-corrected chi connectivity index (χ3v) is 5.04. The van der Waals surface area contributed by atoms with Crippen LogP contribution in [0.3, 0.4) is 0 Å². The Balaban J connectivity index is 3.01. The second-order valence-corrected chi connectivity index (χ2v) is 8.13. The van der Waals surface area contributed by atoms with Gasteiger partial charge in [0.1, 0.15) is 18.1 Å². The summed E-state index contributed by atoms with van der Waals surface area (Å²) in [7, 11) is 0. The molecule has 0 fully saturated rings. The fraction of sp³-hybridized carbons (Fsp3) is 0.611. The highest BCUT2D eigenvalue weighted by Gasteiger charge is 2.30. The van der Waals surface area contributed by atoms with Crippen LogP contribution in [-0.2, 0) is 25.6 Å². The molecule has 11 nitrogen and oxygen atoms in total. The Labute approximate surface area is 191 Å². The number of aliphatic carboxylic acids is 1. The van der Waals surface area contributed by atoms with Gasteiger partial charge in [-0.25, -0.2) is 9.78 Å². The van der Waals surface area contributed by atoms with Crippen LogP contribution in [-0.4, -0.2) is 74.4 Å². The van der Waals surface area contributed by atoms with Crippen molar-refractivity contribution in [2.75, 3.05) is 11.5 Å². The number of nitrogens with two attached hydrogens (primary N) is 1. The van der Waals surface area contributed by atoms with Crippen molar-refractivity contribution in [3.05, 3.63) is 18.2 Å². The zero-order valence-corrected chi connectivity index (χ0v) is 19.2. The maximum absolute atomic E-state index is 12.9. The number of hydrogen-bond donors (Lipinski definition) is 8. The number of rotatable bonds is 13. The molecule has 0 radical (unpaired) electrons. The van der Waals surface area contributed by atoms with E-state index < -0.39 is 47.9 Å². The molecule has 0 saturated heterocycles. The average Bonchev–Trinajstić information content (AvgIpc) is 3.22. The standard InChI is InChI=1S/C18H30N6O5S2/c1-9(2)3-12(22-15(25)11(19)6-30)16(26)23-13(4-10-5-20-8-21-10)17(27)24-14(7-31)18(28)29/h5,8-9,11-14,30-31H,3-4,6-7,19H2,1-2H3,(H,20,21)(H,22,25)(H,23,26)(H,24,27)(H,28,29). The van der Waals surface area contributed by atoms with Crippen molar-refractivity contribution in [3.8, 4) is 0 Å². The van der Waals surface area contributed by atoms with E-state index in [9.17, 15) is 24.3 Å². The van der Waals surface area contributed by atoms with Crippen LogP contribution in [0.15, 0.2) is 12.5 Å². The van der Waals surface area contributed by atoms with E-state index >= 15 is 0 Å². The van der Waals surface area contributed by atoms with Crippen molar-refractivity contribution >= 4 is 48.9 Å². The molecule has 7 N–H and O–H groups in total. The Bertz CT molecular complexity index is 746. The van der Waals surface area contributed by atoms with E-state index in [0.29, 0.717) is 12.1 Å². The molecule has 31 heavy (non-hydrogen) atoms. The molecule has 1 aromatic heterocycles. The molecule has 4 unspecified atom stereocenters. The van der Waals surface area contributed by atoms with Gasteiger partial charge in [-0.05, 0) is 12.3 Å². The highest BCUT2D eigenvalue weighted by atomic mass is 32.1. The number of aromatic nitrogens is 2. The minimum absolute atomic E-state index is 0.0367. The fourth-order valence-corrected chi connectivity index (χ4v) is 3.03. The molecule has 1 aromatic rings. The fourth-order valence-electron chi connectivity index (χ4n) is 2.62. The molecule has 3 amide bonds. The van der Waals surface area contributed by atoms with Gasteiger partial charge in [-0.2, -0.15) is 25.3 Å². The first-order chi connectivity index (χ1) is 14.6. The Morgan fingerprint density at radius 1 is 1.03 bits per heavy atom. The van der Waals surface area contributed by atoms with Crippen LogP contribution in [0, 0.1) is 5.92 Å². The van der Waals surface area contributed by atoms with Crippen LogP contribution in [0.2, 0.25) is 0 Å². The van der Waals surface area contributed by atoms with Gasteiger partial charge in [0.05, 0.1) is 12.4 Å². The number of nitrogens with one attached hydrogen (secondary N) is 4. The molecule has 13 heteroatoms. The van der Waals surface area contributed by atoms with Gasteiger partial charge in [0.15, 0.2) is 0 Å². The summed E-state index contributed by atoms with van der Waals surface area (Å²) in [6.45, 7) is 3.76. The molecule has 0 aromatic carbocycles. The van der Waals surface area contributed by atoms with Crippen molar-refractivity contribution in [2.45, 2.75) is 50.9 Å². The molecule has 1 heterocycles. The summed E-state index contributed by atoms with van der Waals surface area (Å²) < 4.78 is 0. The first-order valence-electron chi connectivity index (χ1n) is 9.67. The number of amides is 3. The number of carboxylic acids is 1. The second-order valence-electron chi connectivity index (χ2n) is 7.40. The van der Waals surface area contributed by atoms with Crippen molar-refractivity contribution in [1.82, 2.24) is 25.9 Å². The molecular weight excluding hydrogens is 444 g/mol. The third-order valence-electron chi connectivity index (χ3n) is 4.28. The van der Waals surface area contributed by atoms with E-state index in [1.54, 1.807) is 0 Å². The monoisotopic (exact) mass is 474 g/mol. The Morgan fingerprint density at radius 2 is 1.61 bits per heavy atom. The summed E-state index contributed by atoms with van der Waals surface area (Å²) >= 11 is 7.91. The van der Waals surface area contributed by atoms with Gasteiger partial charge in [-0.3, -0.25) is 14.4 Å². The third kappa shape index (κ3) is 9.19. The maximum atomic E-state index is 12.9. The average molecular weight is 475 g/mol. The molecule has 174 valence electrons. The number of carboxylic acid groups (broad SMARTS) is 1. The summed E-state index contributed by atoms with van der Waals surface area (Å²) in [5.74, 6) is -3.04. The summed E-state index contributed by atoms with van der Waals surface area (Å²) in [6.07, 6.45) is 3.25. The predicted molar refractivity (Wildman–Crippen MR) is 121 cm³/mol. The lowest BCUT2D eigenvalue weighted by atomic mass is 10.0. The SMILES string of the molecule is CC(C)CC(NC(=O)C(N)CS)C(=O)NC(Cc1cnc[nH]1)C(=O)NC(CS)C(=O)O. The summed E-state index contributed by atoms with van der Waals surface area (Å²) in [6, 6.07) is -4.16. The largest absolute Gasteiger partial charge is 0.480 e. The number of nitrogens with zero attached hydrogens (tertiary/aromatic N) is 1. The number of carbonyl (C=O) groups is 4. The number of carbonyl (C=O) groups excluding carboxylic acids is 3. The normalized spacial score (nSPS) is 14.9. The number of aromatic amines is 1. The molecule has 0 aliphatic carbocycles. The van der Waals surface area contributed by atoms with Crippen molar-refractivity contribution in [2.24, 2.45) is 11.7 Å². The van der Waals surface area contributed by atoms with Crippen LogP contribution in [0.25, 0.3) is 0 Å². The highest BCUT2D eigenvalue weighted by molar-refractivity contribution is 7.80. The van der Waals surface area contributed by atoms with Gasteiger partial charge in [0.2, 0.25) is 17.7 Å². The maximum Gasteiger partial charge on any atom is 0.327 e. The topological polar surface area (TPSA) is 179 Å². The minimum atomic E-state index is -1.25. The molecule has 0 spiro atoms.